The van der Waals surface area contributed by atoms with Crippen molar-refractivity contribution in [3.05, 3.63) is 80.2 Å². The predicted octanol–water partition coefficient (Wildman–Crippen LogP) is 2.92. The molecule has 3 aromatic rings. The number of methoxy groups -OCH3 is 1. The van der Waals surface area contributed by atoms with Crippen LogP contribution in [0.4, 0.5) is 0 Å². The Bertz CT molecular complexity index is 994. The van der Waals surface area contributed by atoms with Gasteiger partial charge in [0.1, 0.15) is 17.1 Å². The Morgan fingerprint density at radius 2 is 2.00 bits per heavy atom. The van der Waals surface area contributed by atoms with Crippen molar-refractivity contribution >= 4 is 11.0 Å². The third-order valence-corrected chi connectivity index (χ3v) is 4.00. The van der Waals surface area contributed by atoms with E-state index in [4.69, 9.17) is 9.15 Å². The maximum Gasteiger partial charge on any atom is 0.344 e. The number of hydrogen-bond donors (Lipinski definition) is 1. The summed E-state index contributed by atoms with van der Waals surface area (Å²) in [4.78, 5) is 23.1. The minimum Gasteiger partial charge on any atom is -0.507 e. The fraction of sp³-hybridized carbons (Fsp3) is 0.167. The van der Waals surface area contributed by atoms with Crippen molar-refractivity contribution in [1.82, 2.24) is 0 Å². The van der Waals surface area contributed by atoms with E-state index in [-0.39, 0.29) is 16.9 Å². The van der Waals surface area contributed by atoms with Crippen LogP contribution < -0.4 is 10.4 Å². The summed E-state index contributed by atoms with van der Waals surface area (Å²) >= 11 is 0. The summed E-state index contributed by atoms with van der Waals surface area (Å²) in [7, 11) is 1.48. The second kappa shape index (κ2) is 6.64. The molecule has 2 aromatic carbocycles. The molecule has 1 N–H and O–H groups in total. The minimum absolute atomic E-state index is 0.136. The average Bonchev–Trinajstić information content (AvgIpc) is 2.60. The molecule has 1 aromatic heterocycles. The van der Waals surface area contributed by atoms with Crippen molar-refractivity contribution in [2.45, 2.75) is 5.92 Å². The van der Waals surface area contributed by atoms with Crippen LogP contribution in [0.2, 0.25) is 0 Å². The number of ether oxygens (including phenoxy) is 1. The van der Waals surface area contributed by atoms with Crippen LogP contribution in [-0.2, 0) is 0 Å². The number of aromatic hydroxyl groups is 1. The lowest BCUT2D eigenvalue weighted by Gasteiger charge is -2.15. The number of para-hydroxylation sites is 1. The highest BCUT2D eigenvalue weighted by molar-refractivity contribution is 5.84. The van der Waals surface area contributed by atoms with E-state index in [9.17, 15) is 20.0 Å². The summed E-state index contributed by atoms with van der Waals surface area (Å²) in [6, 6.07) is 13.1. The third-order valence-electron chi connectivity index (χ3n) is 4.00. The van der Waals surface area contributed by atoms with Gasteiger partial charge in [-0.3, -0.25) is 10.1 Å². The molecule has 0 aliphatic rings. The van der Waals surface area contributed by atoms with Gasteiger partial charge in [-0.25, -0.2) is 4.79 Å². The molecule has 0 saturated heterocycles. The molecule has 7 nitrogen and oxygen atoms in total. The highest BCUT2D eigenvalue weighted by Gasteiger charge is 2.29. The minimum atomic E-state index is -0.967. The Morgan fingerprint density at radius 1 is 1.24 bits per heavy atom. The van der Waals surface area contributed by atoms with E-state index in [2.05, 4.69) is 0 Å². The van der Waals surface area contributed by atoms with E-state index >= 15 is 0 Å². The summed E-state index contributed by atoms with van der Waals surface area (Å²) in [6.07, 6.45) is 0. The first-order valence-electron chi connectivity index (χ1n) is 7.51. The van der Waals surface area contributed by atoms with Crippen LogP contribution in [0.5, 0.6) is 11.5 Å². The molecule has 0 aliphatic heterocycles. The standard InChI is InChI=1S/C18H15NO6/c1-24-12-6-4-5-11(9-12)14(10-19(22)23)16-17(20)13-7-2-3-8-15(13)25-18(16)21/h2-9,14,20H,10H2,1H3/t14-/m0/s1. The quantitative estimate of drug-likeness (QED) is 0.435. The average molecular weight is 341 g/mol. The molecule has 0 aliphatic carbocycles. The topological polar surface area (TPSA) is 103 Å². The molecular weight excluding hydrogens is 326 g/mol. The van der Waals surface area contributed by atoms with Crippen molar-refractivity contribution in [1.29, 1.82) is 0 Å². The lowest BCUT2D eigenvalue weighted by Crippen LogP contribution is -2.21. The molecule has 25 heavy (non-hydrogen) atoms. The second-order valence-electron chi connectivity index (χ2n) is 5.49. The van der Waals surface area contributed by atoms with E-state index in [1.165, 1.54) is 7.11 Å². The van der Waals surface area contributed by atoms with Crippen LogP contribution in [0.3, 0.4) is 0 Å². The molecule has 1 atom stereocenters. The number of nitro groups is 1. The van der Waals surface area contributed by atoms with Gasteiger partial charge < -0.3 is 14.3 Å². The molecule has 0 radical (unpaired) electrons. The van der Waals surface area contributed by atoms with Crippen molar-refractivity contribution in [2.24, 2.45) is 0 Å². The van der Waals surface area contributed by atoms with Crippen molar-refractivity contribution < 1.29 is 19.2 Å². The van der Waals surface area contributed by atoms with Gasteiger partial charge in [0.15, 0.2) is 0 Å². The highest BCUT2D eigenvalue weighted by atomic mass is 16.6. The summed E-state index contributed by atoms with van der Waals surface area (Å²) in [5, 5.41) is 22.1. The van der Waals surface area contributed by atoms with Gasteiger partial charge in [0.05, 0.1) is 24.0 Å². The zero-order valence-electron chi connectivity index (χ0n) is 13.3. The zero-order valence-corrected chi connectivity index (χ0v) is 13.3. The van der Waals surface area contributed by atoms with Crippen LogP contribution in [-0.4, -0.2) is 23.7 Å². The van der Waals surface area contributed by atoms with Gasteiger partial charge in [-0.1, -0.05) is 24.3 Å². The Hall–Kier alpha value is -3.35. The zero-order chi connectivity index (χ0) is 18.0. The van der Waals surface area contributed by atoms with Crippen LogP contribution in [0, 0.1) is 10.1 Å². The molecule has 0 saturated carbocycles. The van der Waals surface area contributed by atoms with Gasteiger partial charge in [-0.15, -0.1) is 0 Å². The monoisotopic (exact) mass is 341 g/mol. The van der Waals surface area contributed by atoms with Crippen molar-refractivity contribution in [2.75, 3.05) is 13.7 Å². The second-order valence-corrected chi connectivity index (χ2v) is 5.49. The number of nitrogens with zero attached hydrogens (tertiary/aromatic N) is 1. The first-order chi connectivity index (χ1) is 12.0. The lowest BCUT2D eigenvalue weighted by atomic mass is 9.91. The van der Waals surface area contributed by atoms with E-state index in [1.807, 2.05) is 0 Å². The predicted molar refractivity (Wildman–Crippen MR) is 90.8 cm³/mol. The van der Waals surface area contributed by atoms with Crippen LogP contribution in [0.15, 0.2) is 57.7 Å². The van der Waals surface area contributed by atoms with Gasteiger partial charge in [-0.2, -0.15) is 0 Å². The summed E-state index contributed by atoms with van der Waals surface area (Å²) < 4.78 is 10.4. The SMILES string of the molecule is COc1cccc([C@H](C[N+](=O)[O-])c2c(O)c3ccccc3oc2=O)c1. The normalized spacial score (nSPS) is 12.0. The maximum absolute atomic E-state index is 12.4. The van der Waals surface area contributed by atoms with Gasteiger partial charge >= 0.3 is 5.63 Å². The summed E-state index contributed by atoms with van der Waals surface area (Å²) in [5.74, 6) is -0.775. The summed E-state index contributed by atoms with van der Waals surface area (Å²) in [6.45, 7) is -0.566. The fourth-order valence-corrected chi connectivity index (χ4v) is 2.83. The molecule has 0 amide bonds. The van der Waals surface area contributed by atoms with E-state index < -0.39 is 23.0 Å². The Balaban J connectivity index is 2.25. The highest BCUT2D eigenvalue weighted by Crippen LogP contribution is 2.35. The maximum atomic E-state index is 12.4. The van der Waals surface area contributed by atoms with Gasteiger partial charge in [0.2, 0.25) is 6.54 Å². The smallest absolute Gasteiger partial charge is 0.344 e. The Labute approximate surface area is 142 Å². The van der Waals surface area contributed by atoms with E-state index in [0.29, 0.717) is 16.7 Å². The van der Waals surface area contributed by atoms with Gasteiger partial charge in [-0.05, 0) is 29.8 Å². The summed E-state index contributed by atoms with van der Waals surface area (Å²) in [5.41, 5.74) is -0.234. The van der Waals surface area contributed by atoms with E-state index in [0.717, 1.165) is 0 Å². The van der Waals surface area contributed by atoms with Crippen LogP contribution >= 0.6 is 0 Å². The molecule has 0 bridgehead atoms. The molecule has 7 heteroatoms. The molecule has 128 valence electrons. The van der Waals surface area contributed by atoms with E-state index in [1.54, 1.807) is 48.5 Å². The molecule has 3 rings (SSSR count). The number of rotatable bonds is 5. The lowest BCUT2D eigenvalue weighted by molar-refractivity contribution is -0.481. The molecule has 0 fully saturated rings. The van der Waals surface area contributed by atoms with Crippen LogP contribution in [0.1, 0.15) is 17.0 Å². The largest absolute Gasteiger partial charge is 0.507 e. The Kier molecular flexibility index (Phi) is 4.38. The Morgan fingerprint density at radius 3 is 2.72 bits per heavy atom. The first kappa shape index (κ1) is 16.5. The molecular formula is C18H15NO6. The van der Waals surface area contributed by atoms with Crippen molar-refractivity contribution in [3.63, 3.8) is 0 Å². The van der Waals surface area contributed by atoms with Crippen LogP contribution in [0.25, 0.3) is 11.0 Å². The van der Waals surface area contributed by atoms with Crippen molar-refractivity contribution in [3.8, 4) is 11.5 Å². The number of benzene rings is 2. The molecule has 0 spiro atoms. The fourth-order valence-electron chi connectivity index (χ4n) is 2.83. The third kappa shape index (κ3) is 3.16. The number of fused-ring (bicyclic) bond motifs is 1. The molecule has 1 heterocycles. The van der Waals surface area contributed by atoms with Gasteiger partial charge in [0, 0.05) is 4.92 Å². The van der Waals surface area contributed by atoms with Gasteiger partial charge in [0.25, 0.3) is 0 Å². The first-order valence-corrected chi connectivity index (χ1v) is 7.51. The number of hydrogen-bond acceptors (Lipinski definition) is 6. The molecule has 0 unspecified atom stereocenters.